The van der Waals surface area contributed by atoms with E-state index in [0.29, 0.717) is 6.04 Å². The highest BCUT2D eigenvalue weighted by molar-refractivity contribution is 5.95. The number of hydrogen-bond acceptors (Lipinski definition) is 2. The molecule has 2 rings (SSSR count). The Kier molecular flexibility index (Phi) is 3.10. The zero-order valence-electron chi connectivity index (χ0n) is 9.77. The Morgan fingerprint density at radius 2 is 2.00 bits per heavy atom. The van der Waals surface area contributed by atoms with Crippen molar-refractivity contribution in [3.8, 4) is 0 Å². The van der Waals surface area contributed by atoms with Gasteiger partial charge in [-0.15, -0.1) is 0 Å². The van der Waals surface area contributed by atoms with Gasteiger partial charge in [-0.1, -0.05) is 17.7 Å². The summed E-state index contributed by atoms with van der Waals surface area (Å²) in [4.78, 5) is 6.48. The van der Waals surface area contributed by atoms with Crippen LogP contribution in [0.5, 0.6) is 0 Å². The van der Waals surface area contributed by atoms with Crippen LogP contribution in [-0.2, 0) is 0 Å². The van der Waals surface area contributed by atoms with Gasteiger partial charge in [0.05, 0.1) is 6.04 Å². The predicted octanol–water partition coefficient (Wildman–Crippen LogP) is 1.41. The summed E-state index contributed by atoms with van der Waals surface area (Å²) in [6.07, 6.45) is 2.35. The number of nitrogens with two attached hydrogens (primary N) is 1. The lowest BCUT2D eigenvalue weighted by atomic mass is 10.2. The number of rotatable bonds is 2. The van der Waals surface area contributed by atoms with Gasteiger partial charge in [0.1, 0.15) is 0 Å². The van der Waals surface area contributed by atoms with Gasteiger partial charge in [-0.05, 0) is 31.9 Å². The van der Waals surface area contributed by atoms with E-state index in [9.17, 15) is 0 Å². The van der Waals surface area contributed by atoms with Crippen molar-refractivity contribution in [3.63, 3.8) is 0 Å². The highest BCUT2D eigenvalue weighted by Gasteiger charge is 2.22. The molecule has 3 N–H and O–H groups in total. The first kappa shape index (κ1) is 11.0. The van der Waals surface area contributed by atoms with Crippen LogP contribution in [0.2, 0.25) is 0 Å². The predicted molar refractivity (Wildman–Crippen MR) is 67.4 cm³/mol. The largest absolute Gasteiger partial charge is 0.315 e. The third kappa shape index (κ3) is 2.52. The van der Waals surface area contributed by atoms with Gasteiger partial charge in [0, 0.05) is 12.7 Å². The molecule has 1 aromatic carbocycles. The molecule has 16 heavy (non-hydrogen) atoms. The number of anilines is 1. The molecule has 0 spiro atoms. The standard InChI is InChI=1S/C12H18N4/c1-9-3-7-11(8-4-9)16(2)12(15-13)14-10-5-6-10/h3-4,7-8,10H,5-6,13H2,1-2H3,(H,14,15). The first-order chi connectivity index (χ1) is 7.70. The summed E-state index contributed by atoms with van der Waals surface area (Å²) >= 11 is 0. The van der Waals surface area contributed by atoms with Gasteiger partial charge in [0.15, 0.2) is 0 Å². The second-order valence-electron chi connectivity index (χ2n) is 4.22. The van der Waals surface area contributed by atoms with E-state index in [-0.39, 0.29) is 0 Å². The van der Waals surface area contributed by atoms with Crippen LogP contribution in [-0.4, -0.2) is 19.0 Å². The first-order valence-corrected chi connectivity index (χ1v) is 5.55. The van der Waals surface area contributed by atoms with Crippen molar-refractivity contribution in [1.82, 2.24) is 5.43 Å². The van der Waals surface area contributed by atoms with E-state index in [1.54, 1.807) is 0 Å². The van der Waals surface area contributed by atoms with Gasteiger partial charge < -0.3 is 4.90 Å². The fraction of sp³-hybridized carbons (Fsp3) is 0.417. The van der Waals surface area contributed by atoms with Crippen molar-refractivity contribution in [2.75, 3.05) is 11.9 Å². The molecule has 4 nitrogen and oxygen atoms in total. The molecule has 4 heteroatoms. The van der Waals surface area contributed by atoms with E-state index in [4.69, 9.17) is 5.84 Å². The van der Waals surface area contributed by atoms with Crippen LogP contribution in [0.3, 0.4) is 0 Å². The Bertz CT molecular complexity index is 379. The Hall–Kier alpha value is -1.55. The van der Waals surface area contributed by atoms with E-state index in [1.807, 2.05) is 11.9 Å². The fourth-order valence-electron chi connectivity index (χ4n) is 1.49. The number of benzene rings is 1. The summed E-state index contributed by atoms with van der Waals surface area (Å²) in [5.74, 6) is 6.22. The summed E-state index contributed by atoms with van der Waals surface area (Å²) < 4.78 is 0. The molecule has 0 saturated heterocycles. The highest BCUT2D eigenvalue weighted by atomic mass is 15.4. The number of aliphatic imine (C=N–C) groups is 1. The molecule has 86 valence electrons. The average Bonchev–Trinajstić information content (AvgIpc) is 3.10. The topological polar surface area (TPSA) is 53.6 Å². The van der Waals surface area contributed by atoms with E-state index in [0.717, 1.165) is 11.6 Å². The second kappa shape index (κ2) is 4.53. The van der Waals surface area contributed by atoms with Crippen LogP contribution in [0.4, 0.5) is 5.69 Å². The summed E-state index contributed by atoms with van der Waals surface area (Å²) in [6, 6.07) is 8.75. The third-order valence-electron chi connectivity index (χ3n) is 2.72. The van der Waals surface area contributed by atoms with E-state index >= 15 is 0 Å². The highest BCUT2D eigenvalue weighted by Crippen LogP contribution is 2.24. The molecular formula is C12H18N4. The summed E-state index contributed by atoms with van der Waals surface area (Å²) in [6.45, 7) is 2.07. The number of hydrogen-bond donors (Lipinski definition) is 2. The van der Waals surface area contributed by atoms with Crippen LogP contribution in [0.15, 0.2) is 29.3 Å². The van der Waals surface area contributed by atoms with Crippen molar-refractivity contribution in [2.45, 2.75) is 25.8 Å². The third-order valence-corrected chi connectivity index (χ3v) is 2.72. The fourth-order valence-corrected chi connectivity index (χ4v) is 1.49. The summed E-state index contributed by atoms with van der Waals surface area (Å²) in [7, 11) is 1.96. The summed E-state index contributed by atoms with van der Waals surface area (Å²) in [5.41, 5.74) is 5.00. The van der Waals surface area contributed by atoms with Crippen molar-refractivity contribution >= 4 is 11.6 Å². The zero-order valence-corrected chi connectivity index (χ0v) is 9.77. The van der Waals surface area contributed by atoms with Crippen molar-refractivity contribution < 1.29 is 0 Å². The molecule has 1 saturated carbocycles. The lowest BCUT2D eigenvalue weighted by molar-refractivity contribution is 0.932. The molecule has 0 bridgehead atoms. The van der Waals surface area contributed by atoms with Crippen molar-refractivity contribution in [2.24, 2.45) is 10.8 Å². The maximum atomic E-state index is 5.49. The maximum Gasteiger partial charge on any atom is 0.212 e. The second-order valence-corrected chi connectivity index (χ2v) is 4.22. The number of hydrazine groups is 1. The molecule has 0 aliphatic heterocycles. The van der Waals surface area contributed by atoms with Crippen LogP contribution in [0.1, 0.15) is 18.4 Å². The maximum absolute atomic E-state index is 5.49. The minimum absolute atomic E-state index is 0.457. The van der Waals surface area contributed by atoms with Crippen molar-refractivity contribution in [3.05, 3.63) is 29.8 Å². The first-order valence-electron chi connectivity index (χ1n) is 5.55. The Morgan fingerprint density at radius 3 is 2.50 bits per heavy atom. The lowest BCUT2D eigenvalue weighted by Crippen LogP contribution is -2.43. The Balaban J connectivity index is 2.15. The van der Waals surface area contributed by atoms with Crippen LogP contribution in [0, 0.1) is 6.92 Å². The molecule has 1 aliphatic carbocycles. The minimum atomic E-state index is 0.457. The molecule has 0 heterocycles. The molecular weight excluding hydrogens is 200 g/mol. The number of nitrogens with one attached hydrogen (secondary N) is 1. The monoisotopic (exact) mass is 218 g/mol. The van der Waals surface area contributed by atoms with E-state index in [2.05, 4.69) is 41.6 Å². The van der Waals surface area contributed by atoms with Gasteiger partial charge in [0.2, 0.25) is 5.96 Å². The Morgan fingerprint density at radius 1 is 1.38 bits per heavy atom. The molecule has 0 radical (unpaired) electrons. The van der Waals surface area contributed by atoms with Crippen LogP contribution in [0.25, 0.3) is 0 Å². The molecule has 1 fully saturated rings. The molecule has 1 aliphatic rings. The van der Waals surface area contributed by atoms with Gasteiger partial charge in [0.25, 0.3) is 0 Å². The zero-order chi connectivity index (χ0) is 11.5. The van der Waals surface area contributed by atoms with Crippen molar-refractivity contribution in [1.29, 1.82) is 0 Å². The number of nitrogens with zero attached hydrogens (tertiary/aromatic N) is 2. The SMILES string of the molecule is Cc1ccc(N(C)C(=NC2CC2)NN)cc1. The molecule has 1 aromatic rings. The van der Waals surface area contributed by atoms with Crippen LogP contribution < -0.4 is 16.2 Å². The van der Waals surface area contributed by atoms with Gasteiger partial charge >= 0.3 is 0 Å². The quantitative estimate of drug-likeness (QED) is 0.341. The molecule has 0 atom stereocenters. The number of guanidine groups is 1. The molecule has 0 aromatic heterocycles. The average molecular weight is 218 g/mol. The minimum Gasteiger partial charge on any atom is -0.315 e. The normalized spacial score (nSPS) is 16.1. The smallest absolute Gasteiger partial charge is 0.212 e. The lowest BCUT2D eigenvalue weighted by Gasteiger charge is -2.20. The van der Waals surface area contributed by atoms with Gasteiger partial charge in [-0.2, -0.15) is 0 Å². The summed E-state index contributed by atoms with van der Waals surface area (Å²) in [5, 5.41) is 0. The van der Waals surface area contributed by atoms with E-state index < -0.39 is 0 Å². The van der Waals surface area contributed by atoms with Gasteiger partial charge in [-0.25, -0.2) is 10.8 Å². The van der Waals surface area contributed by atoms with E-state index in [1.165, 1.54) is 18.4 Å². The molecule has 0 unspecified atom stereocenters. The van der Waals surface area contributed by atoms with Crippen LogP contribution >= 0.6 is 0 Å². The number of aryl methyl sites for hydroxylation is 1. The van der Waals surface area contributed by atoms with Gasteiger partial charge in [-0.3, -0.25) is 5.43 Å². The Labute approximate surface area is 96.1 Å². The molecule has 0 amide bonds.